The molecule has 2 atom stereocenters. The highest BCUT2D eigenvalue weighted by Crippen LogP contribution is 2.50. The van der Waals surface area contributed by atoms with Gasteiger partial charge in [-0.05, 0) is 35.4 Å². The van der Waals surface area contributed by atoms with Crippen LogP contribution in [0.15, 0.2) is 48.5 Å². The van der Waals surface area contributed by atoms with Crippen LogP contribution >= 0.6 is 11.6 Å². The predicted molar refractivity (Wildman–Crippen MR) is 64.4 cm³/mol. The molecule has 0 unspecified atom stereocenters. The molecule has 3 rings (SSSR count). The summed E-state index contributed by atoms with van der Waals surface area (Å²) in [5.74, 6) is -0.225. The largest absolute Gasteiger partial charge is 0.359 e. The van der Waals surface area contributed by atoms with Crippen LogP contribution in [0.3, 0.4) is 0 Å². The second kappa shape index (κ2) is 4.13. The minimum absolute atomic E-state index is 0.0387. The van der Waals surface area contributed by atoms with Gasteiger partial charge in [0, 0.05) is 5.02 Å². The van der Waals surface area contributed by atoms with Gasteiger partial charge in [0.15, 0.2) is 0 Å². The van der Waals surface area contributed by atoms with Crippen LogP contribution < -0.4 is 0 Å². The van der Waals surface area contributed by atoms with Gasteiger partial charge < -0.3 is 4.74 Å². The molecule has 1 fully saturated rings. The molecule has 0 spiro atoms. The van der Waals surface area contributed by atoms with Crippen molar-refractivity contribution in [3.05, 3.63) is 70.5 Å². The molecule has 0 aliphatic carbocycles. The first kappa shape index (κ1) is 10.8. The van der Waals surface area contributed by atoms with Crippen molar-refractivity contribution in [2.24, 2.45) is 0 Å². The minimum atomic E-state index is -0.225. The third-order valence-electron chi connectivity index (χ3n) is 2.89. The molecule has 3 heteroatoms. The number of epoxide rings is 1. The summed E-state index contributed by atoms with van der Waals surface area (Å²) in [6, 6.07) is 14.0. The zero-order valence-electron chi connectivity index (χ0n) is 8.94. The molecule has 2 aromatic rings. The van der Waals surface area contributed by atoms with Crippen LogP contribution in [0, 0.1) is 5.82 Å². The Bertz CT molecular complexity index is 471. The van der Waals surface area contributed by atoms with E-state index < -0.39 is 0 Å². The molecular formula is C14H10ClFO. The molecule has 1 aliphatic heterocycles. The van der Waals surface area contributed by atoms with E-state index in [0.29, 0.717) is 5.02 Å². The molecular weight excluding hydrogens is 239 g/mol. The van der Waals surface area contributed by atoms with Crippen LogP contribution in [0.25, 0.3) is 0 Å². The van der Waals surface area contributed by atoms with Crippen LogP contribution in [0.2, 0.25) is 5.02 Å². The van der Waals surface area contributed by atoms with E-state index in [4.69, 9.17) is 16.3 Å². The van der Waals surface area contributed by atoms with Crippen LogP contribution in [0.4, 0.5) is 4.39 Å². The van der Waals surface area contributed by atoms with E-state index >= 15 is 0 Å². The van der Waals surface area contributed by atoms with Crippen LogP contribution in [-0.2, 0) is 4.74 Å². The zero-order valence-corrected chi connectivity index (χ0v) is 9.69. The summed E-state index contributed by atoms with van der Waals surface area (Å²) in [4.78, 5) is 0. The van der Waals surface area contributed by atoms with E-state index in [9.17, 15) is 4.39 Å². The van der Waals surface area contributed by atoms with Gasteiger partial charge in [-0.2, -0.15) is 0 Å². The quantitative estimate of drug-likeness (QED) is 0.722. The summed E-state index contributed by atoms with van der Waals surface area (Å²) in [7, 11) is 0. The minimum Gasteiger partial charge on any atom is -0.359 e. The molecule has 17 heavy (non-hydrogen) atoms. The van der Waals surface area contributed by atoms with Gasteiger partial charge in [-0.15, -0.1) is 0 Å². The highest BCUT2D eigenvalue weighted by atomic mass is 35.5. The molecule has 0 amide bonds. The lowest BCUT2D eigenvalue weighted by molar-refractivity contribution is 0.377. The molecule has 0 bridgehead atoms. The molecule has 0 aromatic heterocycles. The maximum absolute atomic E-state index is 12.8. The van der Waals surface area contributed by atoms with Gasteiger partial charge in [0.05, 0.1) is 0 Å². The van der Waals surface area contributed by atoms with Crippen LogP contribution in [0.1, 0.15) is 23.3 Å². The first-order valence-corrected chi connectivity index (χ1v) is 5.78. The monoisotopic (exact) mass is 248 g/mol. The van der Waals surface area contributed by atoms with Crippen molar-refractivity contribution in [3.63, 3.8) is 0 Å². The fraction of sp³-hybridized carbons (Fsp3) is 0.143. The van der Waals surface area contributed by atoms with Crippen molar-refractivity contribution in [1.82, 2.24) is 0 Å². The Balaban J connectivity index is 1.78. The first-order chi connectivity index (χ1) is 8.24. The molecule has 2 aromatic carbocycles. The van der Waals surface area contributed by atoms with Crippen molar-refractivity contribution in [1.29, 1.82) is 0 Å². The van der Waals surface area contributed by atoms with Crippen LogP contribution in [0.5, 0.6) is 0 Å². The van der Waals surface area contributed by atoms with Gasteiger partial charge in [-0.25, -0.2) is 4.39 Å². The van der Waals surface area contributed by atoms with Crippen molar-refractivity contribution < 1.29 is 9.13 Å². The number of ether oxygens (including phenoxy) is 1. The molecule has 0 radical (unpaired) electrons. The van der Waals surface area contributed by atoms with E-state index in [0.717, 1.165) is 11.1 Å². The third kappa shape index (κ3) is 2.19. The number of rotatable bonds is 2. The Morgan fingerprint density at radius 1 is 0.824 bits per heavy atom. The second-order valence-corrected chi connectivity index (χ2v) is 4.52. The molecule has 1 saturated heterocycles. The summed E-state index contributed by atoms with van der Waals surface area (Å²) in [6.07, 6.45) is 0.106. The number of halogens is 2. The van der Waals surface area contributed by atoms with Gasteiger partial charge in [0.2, 0.25) is 0 Å². The van der Waals surface area contributed by atoms with Crippen molar-refractivity contribution in [3.8, 4) is 0 Å². The highest BCUT2D eigenvalue weighted by Gasteiger charge is 2.41. The summed E-state index contributed by atoms with van der Waals surface area (Å²) >= 11 is 5.83. The third-order valence-corrected chi connectivity index (χ3v) is 3.14. The SMILES string of the molecule is Fc1ccc([C@@H]2O[C@H]2c2ccc(Cl)cc2)cc1. The molecule has 0 N–H and O–H groups in total. The van der Waals surface area contributed by atoms with Gasteiger partial charge in [0.1, 0.15) is 18.0 Å². The lowest BCUT2D eigenvalue weighted by Gasteiger charge is -1.97. The van der Waals surface area contributed by atoms with Gasteiger partial charge in [0.25, 0.3) is 0 Å². The standard InChI is InChI=1S/C14H10ClFO/c15-11-5-1-9(2-6-11)13-14(17-13)10-3-7-12(16)8-4-10/h1-8,13-14H/t13-,14-/m0/s1. The molecule has 0 saturated carbocycles. The Hall–Kier alpha value is -1.38. The fourth-order valence-corrected chi connectivity index (χ4v) is 2.05. The van der Waals surface area contributed by atoms with Gasteiger partial charge in [-0.1, -0.05) is 35.9 Å². The Morgan fingerprint density at radius 3 is 1.82 bits per heavy atom. The topological polar surface area (TPSA) is 12.5 Å². The average molecular weight is 249 g/mol. The predicted octanol–water partition coefficient (Wildman–Crippen LogP) is 4.29. The number of benzene rings is 2. The first-order valence-electron chi connectivity index (χ1n) is 5.40. The van der Waals surface area contributed by atoms with Crippen LogP contribution in [-0.4, -0.2) is 0 Å². The van der Waals surface area contributed by atoms with E-state index in [1.54, 1.807) is 12.1 Å². The summed E-state index contributed by atoms with van der Waals surface area (Å²) in [5.41, 5.74) is 2.11. The van der Waals surface area contributed by atoms with Gasteiger partial charge >= 0.3 is 0 Å². The smallest absolute Gasteiger partial charge is 0.123 e. The van der Waals surface area contributed by atoms with Crippen molar-refractivity contribution in [2.45, 2.75) is 12.2 Å². The maximum atomic E-state index is 12.8. The zero-order chi connectivity index (χ0) is 11.8. The number of hydrogen-bond acceptors (Lipinski definition) is 1. The summed E-state index contributed by atoms with van der Waals surface area (Å²) < 4.78 is 18.4. The summed E-state index contributed by atoms with van der Waals surface area (Å²) in [5, 5.41) is 0.715. The van der Waals surface area contributed by atoms with Crippen molar-refractivity contribution >= 4 is 11.6 Å². The van der Waals surface area contributed by atoms with E-state index in [1.165, 1.54) is 12.1 Å². The lowest BCUT2D eigenvalue weighted by atomic mass is 10.0. The molecule has 1 heterocycles. The Kier molecular flexibility index (Phi) is 2.61. The molecule has 1 aliphatic rings. The Labute approximate surface area is 104 Å². The van der Waals surface area contributed by atoms with Crippen molar-refractivity contribution in [2.75, 3.05) is 0 Å². The maximum Gasteiger partial charge on any atom is 0.123 e. The Morgan fingerprint density at radius 2 is 1.29 bits per heavy atom. The second-order valence-electron chi connectivity index (χ2n) is 4.08. The molecule has 86 valence electrons. The fourth-order valence-electron chi connectivity index (χ4n) is 1.92. The van der Waals surface area contributed by atoms with Gasteiger partial charge in [-0.3, -0.25) is 0 Å². The molecule has 1 nitrogen and oxygen atoms in total. The van der Waals surface area contributed by atoms with E-state index in [-0.39, 0.29) is 18.0 Å². The summed E-state index contributed by atoms with van der Waals surface area (Å²) in [6.45, 7) is 0. The van der Waals surface area contributed by atoms with E-state index in [1.807, 2.05) is 24.3 Å². The normalized spacial score (nSPS) is 22.5. The average Bonchev–Trinajstić information content (AvgIpc) is 3.11. The number of hydrogen-bond donors (Lipinski definition) is 0. The lowest BCUT2D eigenvalue weighted by Crippen LogP contribution is -1.84. The highest BCUT2D eigenvalue weighted by molar-refractivity contribution is 6.30. The van der Waals surface area contributed by atoms with E-state index in [2.05, 4.69) is 0 Å².